The van der Waals surface area contributed by atoms with Gasteiger partial charge in [-0.05, 0) is 5.92 Å². The van der Waals surface area contributed by atoms with Gasteiger partial charge in [-0.1, -0.05) is 13.8 Å². The van der Waals surface area contributed by atoms with Crippen LogP contribution >= 0.6 is 0 Å². The summed E-state index contributed by atoms with van der Waals surface area (Å²) < 4.78 is 2.92. The van der Waals surface area contributed by atoms with Crippen LogP contribution in [0.15, 0.2) is 24.7 Å². The predicted octanol–water partition coefficient (Wildman–Crippen LogP) is 1.28. The zero-order valence-electron chi connectivity index (χ0n) is 11.8. The zero-order valence-corrected chi connectivity index (χ0v) is 11.8. The van der Waals surface area contributed by atoms with Crippen LogP contribution in [0.25, 0.3) is 0 Å². The van der Waals surface area contributed by atoms with Crippen molar-refractivity contribution < 1.29 is 9.72 Å². The summed E-state index contributed by atoms with van der Waals surface area (Å²) in [6.45, 7) is 4.70. The molecule has 0 radical (unpaired) electrons. The van der Waals surface area contributed by atoms with Crippen molar-refractivity contribution in [1.29, 1.82) is 0 Å². The van der Waals surface area contributed by atoms with E-state index in [4.69, 9.17) is 0 Å². The molecule has 9 nitrogen and oxygen atoms in total. The van der Waals surface area contributed by atoms with Gasteiger partial charge in [-0.3, -0.25) is 19.6 Å². The predicted molar refractivity (Wildman–Crippen MR) is 74.6 cm³/mol. The smallest absolute Gasteiger partial charge is 0.307 e. The number of hydrogen-bond donors (Lipinski definition) is 1. The van der Waals surface area contributed by atoms with Crippen molar-refractivity contribution in [2.24, 2.45) is 5.92 Å². The molecule has 0 unspecified atom stereocenters. The molecule has 1 amide bonds. The molecule has 2 aromatic rings. The maximum atomic E-state index is 11.9. The molecule has 2 heterocycles. The van der Waals surface area contributed by atoms with Crippen molar-refractivity contribution >= 4 is 17.4 Å². The molecule has 0 saturated carbocycles. The van der Waals surface area contributed by atoms with E-state index in [1.165, 1.54) is 10.9 Å². The highest BCUT2D eigenvalue weighted by atomic mass is 16.6. The molecule has 0 fully saturated rings. The number of anilines is 1. The van der Waals surface area contributed by atoms with Crippen LogP contribution in [0.1, 0.15) is 13.8 Å². The van der Waals surface area contributed by atoms with Crippen LogP contribution in [0, 0.1) is 16.0 Å². The van der Waals surface area contributed by atoms with Gasteiger partial charge in [0.2, 0.25) is 5.91 Å². The summed E-state index contributed by atoms with van der Waals surface area (Å²) in [6, 6.07) is 1.70. The van der Waals surface area contributed by atoms with Crippen molar-refractivity contribution in [3.8, 4) is 0 Å². The van der Waals surface area contributed by atoms with Crippen LogP contribution in [0.4, 0.5) is 11.5 Å². The first-order chi connectivity index (χ1) is 9.95. The third-order valence-electron chi connectivity index (χ3n) is 2.66. The monoisotopic (exact) mass is 292 g/mol. The van der Waals surface area contributed by atoms with Gasteiger partial charge < -0.3 is 5.32 Å². The minimum Gasteiger partial charge on any atom is -0.309 e. The Kier molecular flexibility index (Phi) is 4.31. The summed E-state index contributed by atoms with van der Waals surface area (Å²) in [5.74, 6) is 0.670. The van der Waals surface area contributed by atoms with Crippen LogP contribution < -0.4 is 5.32 Å². The molecular formula is C12H16N6O3. The van der Waals surface area contributed by atoms with E-state index in [1.807, 2.05) is 0 Å². The maximum Gasteiger partial charge on any atom is 0.307 e. The van der Waals surface area contributed by atoms with Gasteiger partial charge in [0.05, 0.1) is 11.1 Å². The standard InChI is InChI=1S/C12H16N6O3/c1-9(2)6-17-11(3-4-13-17)15-12(19)8-16-7-10(5-14-16)18(20)21/h3-5,7,9H,6,8H2,1-2H3,(H,15,19). The van der Waals surface area contributed by atoms with Gasteiger partial charge in [0.1, 0.15) is 24.8 Å². The van der Waals surface area contributed by atoms with Gasteiger partial charge in [0.15, 0.2) is 0 Å². The molecule has 0 saturated heterocycles. The number of carbonyl (C=O) groups is 1. The lowest BCUT2D eigenvalue weighted by Gasteiger charge is -2.10. The minimum absolute atomic E-state index is 0.0965. The molecular weight excluding hydrogens is 276 g/mol. The van der Waals surface area contributed by atoms with E-state index >= 15 is 0 Å². The SMILES string of the molecule is CC(C)Cn1nccc1NC(=O)Cn1cc([N+](=O)[O-])cn1. The summed E-state index contributed by atoms with van der Waals surface area (Å²) in [7, 11) is 0. The molecule has 1 N–H and O–H groups in total. The second kappa shape index (κ2) is 6.16. The van der Waals surface area contributed by atoms with Crippen molar-refractivity contribution in [3.63, 3.8) is 0 Å². The molecule has 0 spiro atoms. The first-order valence-corrected chi connectivity index (χ1v) is 6.44. The number of nitrogens with zero attached hydrogens (tertiary/aromatic N) is 5. The number of hydrogen-bond acceptors (Lipinski definition) is 5. The van der Waals surface area contributed by atoms with E-state index in [-0.39, 0.29) is 18.1 Å². The largest absolute Gasteiger partial charge is 0.309 e. The fourth-order valence-electron chi connectivity index (χ4n) is 1.79. The van der Waals surface area contributed by atoms with Gasteiger partial charge in [-0.25, -0.2) is 4.68 Å². The highest BCUT2D eigenvalue weighted by Gasteiger charge is 2.13. The molecule has 0 aliphatic rings. The molecule has 2 aromatic heterocycles. The summed E-state index contributed by atoms with van der Waals surface area (Å²) in [5.41, 5.74) is -0.146. The van der Waals surface area contributed by atoms with Crippen molar-refractivity contribution in [1.82, 2.24) is 19.6 Å². The first-order valence-electron chi connectivity index (χ1n) is 6.44. The topological polar surface area (TPSA) is 108 Å². The Labute approximate surface area is 120 Å². The average molecular weight is 292 g/mol. The molecule has 21 heavy (non-hydrogen) atoms. The van der Waals surface area contributed by atoms with E-state index in [2.05, 4.69) is 29.4 Å². The maximum absolute atomic E-state index is 11.9. The molecule has 112 valence electrons. The number of aromatic nitrogens is 4. The minimum atomic E-state index is -0.556. The van der Waals surface area contributed by atoms with Crippen LogP contribution in [0.5, 0.6) is 0 Å². The van der Waals surface area contributed by atoms with Gasteiger partial charge in [0.25, 0.3) is 0 Å². The normalized spacial score (nSPS) is 10.8. The number of rotatable bonds is 6. The molecule has 0 bridgehead atoms. The van der Waals surface area contributed by atoms with E-state index < -0.39 is 4.92 Å². The molecule has 9 heteroatoms. The molecule has 0 aromatic carbocycles. The highest BCUT2D eigenvalue weighted by Crippen LogP contribution is 2.10. The van der Waals surface area contributed by atoms with Crippen molar-refractivity contribution in [3.05, 3.63) is 34.8 Å². The molecule has 0 aliphatic carbocycles. The lowest BCUT2D eigenvalue weighted by Crippen LogP contribution is -2.21. The summed E-state index contributed by atoms with van der Waals surface area (Å²) >= 11 is 0. The third-order valence-corrected chi connectivity index (χ3v) is 2.66. The lowest BCUT2D eigenvalue weighted by molar-refractivity contribution is -0.385. The van der Waals surface area contributed by atoms with E-state index in [0.717, 1.165) is 6.20 Å². The summed E-state index contributed by atoms with van der Waals surface area (Å²) in [4.78, 5) is 21.9. The third kappa shape index (κ3) is 3.88. The molecule has 0 aliphatic heterocycles. The van der Waals surface area contributed by atoms with Crippen molar-refractivity contribution in [2.75, 3.05) is 5.32 Å². The van der Waals surface area contributed by atoms with Crippen molar-refractivity contribution in [2.45, 2.75) is 26.9 Å². The number of amides is 1. The summed E-state index contributed by atoms with van der Waals surface area (Å²) in [6.07, 6.45) is 3.93. The Hall–Kier alpha value is -2.71. The Morgan fingerprint density at radius 3 is 2.86 bits per heavy atom. The average Bonchev–Trinajstić information content (AvgIpc) is 2.99. The second-order valence-corrected chi connectivity index (χ2v) is 4.99. The number of nitrogens with one attached hydrogen (secondary N) is 1. The van der Waals surface area contributed by atoms with Gasteiger partial charge in [-0.2, -0.15) is 10.2 Å². The Balaban J connectivity index is 1.98. The zero-order chi connectivity index (χ0) is 15.4. The van der Waals surface area contributed by atoms with Crippen LogP contribution in [-0.2, 0) is 17.9 Å². The Morgan fingerprint density at radius 2 is 2.24 bits per heavy atom. The van der Waals surface area contributed by atoms with Gasteiger partial charge in [0, 0.05) is 12.6 Å². The number of nitro groups is 1. The Morgan fingerprint density at radius 1 is 1.48 bits per heavy atom. The summed E-state index contributed by atoms with van der Waals surface area (Å²) in [5, 5.41) is 21.2. The van der Waals surface area contributed by atoms with Crippen LogP contribution in [-0.4, -0.2) is 30.4 Å². The number of carbonyl (C=O) groups excluding carboxylic acids is 1. The fraction of sp³-hybridized carbons (Fsp3) is 0.417. The quantitative estimate of drug-likeness (QED) is 0.637. The van der Waals surface area contributed by atoms with Gasteiger partial charge >= 0.3 is 5.69 Å². The molecule has 0 atom stereocenters. The van der Waals surface area contributed by atoms with E-state index in [1.54, 1.807) is 16.9 Å². The van der Waals surface area contributed by atoms with Gasteiger partial charge in [-0.15, -0.1) is 0 Å². The van der Waals surface area contributed by atoms with Crippen LogP contribution in [0.2, 0.25) is 0 Å². The highest BCUT2D eigenvalue weighted by molar-refractivity contribution is 5.89. The Bertz CT molecular complexity index is 645. The van der Waals surface area contributed by atoms with Crippen LogP contribution in [0.3, 0.4) is 0 Å². The van der Waals surface area contributed by atoms with E-state index in [0.29, 0.717) is 18.3 Å². The second-order valence-electron chi connectivity index (χ2n) is 4.99. The lowest BCUT2D eigenvalue weighted by atomic mass is 10.2. The fourth-order valence-corrected chi connectivity index (χ4v) is 1.79. The van der Waals surface area contributed by atoms with E-state index in [9.17, 15) is 14.9 Å². The first kappa shape index (κ1) is 14.7. The molecule has 2 rings (SSSR count).